The maximum Gasteiger partial charge on any atom is 0.243 e. The van der Waals surface area contributed by atoms with Crippen LogP contribution in [-0.2, 0) is 31.1 Å². The quantitative estimate of drug-likeness (QED) is 0.633. The Morgan fingerprint density at radius 2 is 1.67 bits per heavy atom. The third kappa shape index (κ3) is 5.23. The Hall–Kier alpha value is -2.43. The van der Waals surface area contributed by atoms with Gasteiger partial charge in [0.05, 0.1) is 4.90 Å². The predicted octanol–water partition coefficient (Wildman–Crippen LogP) is 1.83. The summed E-state index contributed by atoms with van der Waals surface area (Å²) in [6, 6.07) is 12.8. The number of benzene rings is 2. The SMILES string of the molecule is Cc1cccc(N2CCN(S(=O)(=O)CC(=O)N3CCCc4cc(S(C)(=O)=O)ccc43)CC2)c1. The molecular formula is C23H29N3O5S2. The Labute approximate surface area is 195 Å². The van der Waals surface area contributed by atoms with Gasteiger partial charge in [0, 0.05) is 50.4 Å². The van der Waals surface area contributed by atoms with Gasteiger partial charge in [0.1, 0.15) is 5.75 Å². The minimum Gasteiger partial charge on any atom is -0.369 e. The molecule has 0 saturated carbocycles. The van der Waals surface area contributed by atoms with Crippen molar-refractivity contribution in [1.82, 2.24) is 4.31 Å². The van der Waals surface area contributed by atoms with Gasteiger partial charge in [-0.05, 0) is 61.2 Å². The molecule has 10 heteroatoms. The van der Waals surface area contributed by atoms with Crippen LogP contribution < -0.4 is 9.80 Å². The van der Waals surface area contributed by atoms with E-state index in [2.05, 4.69) is 11.0 Å². The van der Waals surface area contributed by atoms with Gasteiger partial charge in [-0.15, -0.1) is 0 Å². The first-order valence-electron chi connectivity index (χ1n) is 11.0. The van der Waals surface area contributed by atoms with Crippen molar-refractivity contribution in [2.45, 2.75) is 24.7 Å². The maximum absolute atomic E-state index is 13.0. The number of sulfone groups is 1. The summed E-state index contributed by atoms with van der Waals surface area (Å²) in [4.78, 5) is 16.9. The molecule has 0 radical (unpaired) electrons. The molecule has 0 unspecified atom stereocenters. The first-order valence-corrected chi connectivity index (χ1v) is 14.5. The first-order chi connectivity index (χ1) is 15.5. The lowest BCUT2D eigenvalue weighted by atomic mass is 10.0. The molecule has 4 rings (SSSR count). The summed E-state index contributed by atoms with van der Waals surface area (Å²) in [7, 11) is -7.11. The van der Waals surface area contributed by atoms with Gasteiger partial charge in [-0.25, -0.2) is 16.8 Å². The molecule has 0 atom stereocenters. The molecule has 1 fully saturated rings. The zero-order chi connectivity index (χ0) is 23.8. The fourth-order valence-corrected chi connectivity index (χ4v) is 6.48. The van der Waals surface area contributed by atoms with Crippen LogP contribution in [0.3, 0.4) is 0 Å². The van der Waals surface area contributed by atoms with Crippen LogP contribution >= 0.6 is 0 Å². The van der Waals surface area contributed by atoms with Crippen LogP contribution in [0.2, 0.25) is 0 Å². The topological polar surface area (TPSA) is 95.1 Å². The molecule has 0 N–H and O–H groups in total. The average Bonchev–Trinajstić information content (AvgIpc) is 2.77. The molecule has 2 aliphatic heterocycles. The van der Waals surface area contributed by atoms with E-state index in [1.165, 1.54) is 15.3 Å². The number of amides is 1. The highest BCUT2D eigenvalue weighted by Crippen LogP contribution is 2.30. The number of nitrogens with zero attached hydrogens (tertiary/aromatic N) is 3. The smallest absolute Gasteiger partial charge is 0.243 e. The fraction of sp³-hybridized carbons (Fsp3) is 0.435. The monoisotopic (exact) mass is 491 g/mol. The van der Waals surface area contributed by atoms with Gasteiger partial charge in [0.25, 0.3) is 0 Å². The van der Waals surface area contributed by atoms with E-state index in [-0.39, 0.29) is 4.90 Å². The molecule has 1 saturated heterocycles. The van der Waals surface area contributed by atoms with E-state index in [0.29, 0.717) is 51.3 Å². The lowest BCUT2D eigenvalue weighted by molar-refractivity contribution is -0.116. The second-order valence-electron chi connectivity index (χ2n) is 8.69. The summed E-state index contributed by atoms with van der Waals surface area (Å²) in [5, 5.41) is 0. The Morgan fingerprint density at radius 3 is 2.33 bits per heavy atom. The molecule has 8 nitrogen and oxygen atoms in total. The van der Waals surface area contributed by atoms with Crippen molar-refractivity contribution in [3.8, 4) is 0 Å². The van der Waals surface area contributed by atoms with Crippen molar-refractivity contribution < 1.29 is 21.6 Å². The van der Waals surface area contributed by atoms with Gasteiger partial charge in [-0.1, -0.05) is 12.1 Å². The largest absolute Gasteiger partial charge is 0.369 e. The fourth-order valence-electron chi connectivity index (χ4n) is 4.44. The van der Waals surface area contributed by atoms with Crippen LogP contribution in [0.1, 0.15) is 17.5 Å². The number of carbonyl (C=O) groups excluding carboxylic acids is 1. The third-order valence-electron chi connectivity index (χ3n) is 6.20. The first kappa shape index (κ1) is 23.7. The number of rotatable bonds is 5. The van der Waals surface area contributed by atoms with Gasteiger partial charge >= 0.3 is 0 Å². The van der Waals surface area contributed by atoms with E-state index in [4.69, 9.17) is 0 Å². The molecule has 0 bridgehead atoms. The Kier molecular flexibility index (Phi) is 6.52. The highest BCUT2D eigenvalue weighted by atomic mass is 32.2. The van der Waals surface area contributed by atoms with E-state index in [9.17, 15) is 21.6 Å². The van der Waals surface area contributed by atoms with Gasteiger partial charge in [-0.2, -0.15) is 4.31 Å². The molecule has 2 heterocycles. The van der Waals surface area contributed by atoms with Crippen LogP contribution in [0, 0.1) is 6.92 Å². The van der Waals surface area contributed by atoms with Crippen LogP contribution in [0.15, 0.2) is 47.4 Å². The summed E-state index contributed by atoms with van der Waals surface area (Å²) in [6.45, 7) is 4.24. The third-order valence-corrected chi connectivity index (χ3v) is 9.08. The molecule has 0 spiro atoms. The Morgan fingerprint density at radius 1 is 0.939 bits per heavy atom. The molecule has 178 valence electrons. The lowest BCUT2D eigenvalue weighted by Gasteiger charge is -2.36. The van der Waals surface area contributed by atoms with E-state index in [0.717, 1.165) is 23.1 Å². The van der Waals surface area contributed by atoms with Gasteiger partial charge < -0.3 is 9.80 Å². The molecule has 33 heavy (non-hydrogen) atoms. The number of hydrogen-bond donors (Lipinski definition) is 0. The van der Waals surface area contributed by atoms with Gasteiger partial charge in [0.15, 0.2) is 9.84 Å². The van der Waals surface area contributed by atoms with Gasteiger partial charge in [0.2, 0.25) is 15.9 Å². The number of fused-ring (bicyclic) bond motifs is 1. The molecular weight excluding hydrogens is 462 g/mol. The minimum absolute atomic E-state index is 0.203. The highest BCUT2D eigenvalue weighted by Gasteiger charge is 2.32. The molecule has 0 aliphatic carbocycles. The second-order valence-corrected chi connectivity index (χ2v) is 12.7. The number of carbonyl (C=O) groups is 1. The lowest BCUT2D eigenvalue weighted by Crippen LogP contribution is -2.51. The molecule has 1 amide bonds. The van der Waals surface area contributed by atoms with Crippen molar-refractivity contribution in [3.05, 3.63) is 53.6 Å². The normalized spacial score (nSPS) is 17.6. The summed E-state index contributed by atoms with van der Waals surface area (Å²) in [5.74, 6) is -1.07. The maximum atomic E-state index is 13.0. The molecule has 0 aromatic heterocycles. The van der Waals surface area contributed by atoms with Crippen LogP contribution in [-0.4, -0.2) is 71.8 Å². The molecule has 2 aliphatic rings. The van der Waals surface area contributed by atoms with Crippen LogP contribution in [0.25, 0.3) is 0 Å². The zero-order valence-electron chi connectivity index (χ0n) is 18.9. The average molecular weight is 492 g/mol. The Bertz CT molecular complexity index is 1270. The number of piperazine rings is 1. The number of aryl methyl sites for hydroxylation is 2. The molecule has 2 aromatic carbocycles. The molecule has 2 aromatic rings. The number of sulfonamides is 1. The minimum atomic E-state index is -3.76. The van der Waals surface area contributed by atoms with Crippen molar-refractivity contribution in [1.29, 1.82) is 0 Å². The second kappa shape index (κ2) is 9.08. The zero-order valence-corrected chi connectivity index (χ0v) is 20.5. The number of hydrogen-bond acceptors (Lipinski definition) is 6. The van der Waals surface area contributed by atoms with Crippen LogP contribution in [0.4, 0.5) is 11.4 Å². The summed E-state index contributed by atoms with van der Waals surface area (Å²) in [5.41, 5.74) is 3.57. The van der Waals surface area contributed by atoms with Crippen molar-refractivity contribution in [3.63, 3.8) is 0 Å². The standard InChI is InChI=1S/C23H29N3O5S2/c1-18-5-3-7-20(15-18)24-11-13-25(14-12-24)33(30,31)17-23(27)26-10-4-6-19-16-21(32(2,28)29)8-9-22(19)26/h3,5,7-9,15-16H,4,6,10-14,17H2,1-2H3. The number of anilines is 2. The summed E-state index contributed by atoms with van der Waals surface area (Å²) < 4.78 is 51.1. The predicted molar refractivity (Wildman–Crippen MR) is 129 cm³/mol. The van der Waals surface area contributed by atoms with Crippen LogP contribution in [0.5, 0.6) is 0 Å². The van der Waals surface area contributed by atoms with Crippen molar-refractivity contribution >= 4 is 37.1 Å². The van der Waals surface area contributed by atoms with Crippen molar-refractivity contribution in [2.75, 3.05) is 54.5 Å². The summed E-state index contributed by atoms with van der Waals surface area (Å²) >= 11 is 0. The van der Waals surface area contributed by atoms with Crippen molar-refractivity contribution in [2.24, 2.45) is 0 Å². The van der Waals surface area contributed by atoms with E-state index < -0.39 is 31.5 Å². The van der Waals surface area contributed by atoms with E-state index in [1.807, 2.05) is 25.1 Å². The highest BCUT2D eigenvalue weighted by molar-refractivity contribution is 7.90. The van der Waals surface area contributed by atoms with E-state index >= 15 is 0 Å². The van der Waals surface area contributed by atoms with E-state index in [1.54, 1.807) is 12.1 Å². The summed E-state index contributed by atoms with van der Waals surface area (Å²) in [6.07, 6.45) is 2.45. The Balaban J connectivity index is 1.44. The van der Waals surface area contributed by atoms with Gasteiger partial charge in [-0.3, -0.25) is 4.79 Å².